The first-order chi connectivity index (χ1) is 22.3. The molecule has 0 amide bonds. The molecule has 6 rings (SSSR count). The first kappa shape index (κ1) is 31.0. The minimum absolute atomic E-state index is 0.0379. The third-order valence-electron chi connectivity index (χ3n) is 7.98. The van der Waals surface area contributed by atoms with Gasteiger partial charge in [-0.2, -0.15) is 10.1 Å². The number of nitrogens with zero attached hydrogens (tertiary/aromatic N) is 5. The van der Waals surface area contributed by atoms with Crippen LogP contribution >= 0.6 is 0 Å². The van der Waals surface area contributed by atoms with Crippen molar-refractivity contribution in [3.63, 3.8) is 0 Å². The number of aromatic amines is 1. The number of rotatable bonds is 11. The number of fused-ring (bicyclic) bond motifs is 1. The van der Waals surface area contributed by atoms with Crippen molar-refractivity contribution in [2.24, 2.45) is 4.99 Å². The van der Waals surface area contributed by atoms with Crippen LogP contribution in [0.1, 0.15) is 29.3 Å². The first-order valence-corrected chi connectivity index (χ1v) is 14.8. The lowest BCUT2D eigenvalue weighted by Crippen LogP contribution is -2.38. The molecule has 1 aliphatic rings. The number of aliphatic hydroxyl groups excluding tert-OH is 1. The van der Waals surface area contributed by atoms with Gasteiger partial charge in [0, 0.05) is 20.5 Å². The van der Waals surface area contributed by atoms with Crippen molar-refractivity contribution in [2.75, 3.05) is 34.9 Å². The molecular formula is C34H36N6O6. The second-order valence-corrected chi connectivity index (χ2v) is 11.2. The predicted octanol–water partition coefficient (Wildman–Crippen LogP) is 4.02. The second-order valence-electron chi connectivity index (χ2n) is 11.2. The molecule has 5 aromatic rings. The number of hydrogen-bond donors (Lipinski definition) is 2. The number of benzene rings is 3. The Labute approximate surface area is 265 Å². The van der Waals surface area contributed by atoms with E-state index in [1.807, 2.05) is 93.0 Å². The Balaban J connectivity index is 1.35. The van der Waals surface area contributed by atoms with Gasteiger partial charge in [0.1, 0.15) is 28.6 Å². The Bertz CT molecular complexity index is 1810. The lowest BCUT2D eigenvalue weighted by Gasteiger charge is -2.37. The SMILES string of the molecule is COc1ccc(C(OCC2OC(n3ncc4c(=O)[nH]c(/N=C/N(C)C)nc43)CC2O)(c2ccccc2)c2ccc(OC)cc2)cc1. The molecule has 1 saturated heterocycles. The van der Waals surface area contributed by atoms with Crippen LogP contribution in [0.2, 0.25) is 0 Å². The number of nitrogens with one attached hydrogen (secondary N) is 1. The normalized spacial score (nSPS) is 18.3. The molecule has 3 aromatic carbocycles. The summed E-state index contributed by atoms with van der Waals surface area (Å²) in [5.74, 6) is 1.57. The van der Waals surface area contributed by atoms with Gasteiger partial charge in [0.15, 0.2) is 11.9 Å². The van der Waals surface area contributed by atoms with Crippen molar-refractivity contribution in [1.29, 1.82) is 0 Å². The van der Waals surface area contributed by atoms with Gasteiger partial charge in [-0.25, -0.2) is 9.67 Å². The molecule has 2 aromatic heterocycles. The lowest BCUT2D eigenvalue weighted by molar-refractivity contribution is -0.0949. The predicted molar refractivity (Wildman–Crippen MR) is 173 cm³/mol. The van der Waals surface area contributed by atoms with Gasteiger partial charge in [0.25, 0.3) is 5.56 Å². The van der Waals surface area contributed by atoms with Crippen LogP contribution in [0.5, 0.6) is 11.5 Å². The van der Waals surface area contributed by atoms with Crippen LogP contribution in [-0.4, -0.2) is 83.2 Å². The molecule has 0 spiro atoms. The summed E-state index contributed by atoms with van der Waals surface area (Å²) in [6.07, 6.45) is 0.926. The van der Waals surface area contributed by atoms with E-state index in [9.17, 15) is 9.90 Å². The fourth-order valence-electron chi connectivity index (χ4n) is 5.66. The van der Waals surface area contributed by atoms with Crippen molar-refractivity contribution in [2.45, 2.75) is 30.5 Å². The third kappa shape index (κ3) is 5.97. The number of aliphatic hydroxyl groups is 1. The summed E-state index contributed by atoms with van der Waals surface area (Å²) in [5.41, 5.74) is 1.48. The van der Waals surface area contributed by atoms with E-state index < -0.39 is 24.0 Å². The maximum Gasteiger partial charge on any atom is 0.263 e. The van der Waals surface area contributed by atoms with Crippen LogP contribution in [-0.2, 0) is 15.1 Å². The molecule has 0 radical (unpaired) electrons. The van der Waals surface area contributed by atoms with E-state index in [2.05, 4.69) is 20.1 Å². The summed E-state index contributed by atoms with van der Waals surface area (Å²) >= 11 is 0. The van der Waals surface area contributed by atoms with Crippen LogP contribution in [0.3, 0.4) is 0 Å². The molecule has 46 heavy (non-hydrogen) atoms. The Morgan fingerprint density at radius 2 is 1.61 bits per heavy atom. The number of methoxy groups -OCH3 is 2. The maximum absolute atomic E-state index is 12.7. The van der Waals surface area contributed by atoms with Crippen LogP contribution in [0.4, 0.5) is 5.95 Å². The lowest BCUT2D eigenvalue weighted by atomic mass is 9.80. The molecule has 3 atom stereocenters. The van der Waals surface area contributed by atoms with E-state index in [0.717, 1.165) is 16.7 Å². The monoisotopic (exact) mass is 624 g/mol. The summed E-state index contributed by atoms with van der Waals surface area (Å²) in [6, 6.07) is 25.4. The Morgan fingerprint density at radius 1 is 1.00 bits per heavy atom. The van der Waals surface area contributed by atoms with Gasteiger partial charge in [0.2, 0.25) is 5.95 Å². The number of ether oxygens (including phenoxy) is 4. The van der Waals surface area contributed by atoms with Crippen LogP contribution in [0.25, 0.3) is 11.0 Å². The van der Waals surface area contributed by atoms with E-state index in [0.29, 0.717) is 22.5 Å². The molecule has 0 bridgehead atoms. The smallest absolute Gasteiger partial charge is 0.263 e. The fourth-order valence-corrected chi connectivity index (χ4v) is 5.66. The van der Waals surface area contributed by atoms with Crippen LogP contribution in [0.15, 0.2) is 94.8 Å². The highest BCUT2D eigenvalue weighted by molar-refractivity contribution is 5.74. The molecule has 12 nitrogen and oxygen atoms in total. The maximum atomic E-state index is 12.7. The van der Waals surface area contributed by atoms with Gasteiger partial charge >= 0.3 is 0 Å². The second kappa shape index (κ2) is 13.1. The Hall–Kier alpha value is -5.04. The van der Waals surface area contributed by atoms with Crippen molar-refractivity contribution in [1.82, 2.24) is 24.6 Å². The fraction of sp³-hybridized carbons (Fsp3) is 0.294. The number of hydrogen-bond acceptors (Lipinski definition) is 9. The van der Waals surface area contributed by atoms with Gasteiger partial charge in [-0.15, -0.1) is 0 Å². The standard InChI is InChI=1S/C34H36N6O6/c1-39(2)21-35-33-37-31-27(32(42)38-33)19-36-40(31)30-18-28(41)29(46-30)20-45-34(22-8-6-5-7-9-22,23-10-14-25(43-3)15-11-23)24-12-16-26(44-4)17-13-24/h5-17,19,21,28-30,41H,18,20H2,1-4H3,(H,37,38,42)/b35-21+. The van der Waals surface area contributed by atoms with Gasteiger partial charge in [-0.05, 0) is 41.0 Å². The summed E-state index contributed by atoms with van der Waals surface area (Å²) in [5, 5.41) is 15.9. The molecule has 2 N–H and O–H groups in total. The van der Waals surface area contributed by atoms with E-state index in [1.165, 1.54) is 10.9 Å². The molecule has 1 fully saturated rings. The van der Waals surface area contributed by atoms with Crippen LogP contribution < -0.4 is 15.0 Å². The Morgan fingerprint density at radius 3 is 2.20 bits per heavy atom. The van der Waals surface area contributed by atoms with Gasteiger partial charge < -0.3 is 29.0 Å². The average molecular weight is 625 g/mol. The van der Waals surface area contributed by atoms with Gasteiger partial charge in [-0.3, -0.25) is 9.78 Å². The third-order valence-corrected chi connectivity index (χ3v) is 7.98. The van der Waals surface area contributed by atoms with E-state index in [4.69, 9.17) is 18.9 Å². The van der Waals surface area contributed by atoms with E-state index in [1.54, 1.807) is 25.5 Å². The molecule has 3 unspecified atom stereocenters. The first-order valence-electron chi connectivity index (χ1n) is 14.8. The molecule has 3 heterocycles. The summed E-state index contributed by atoms with van der Waals surface area (Å²) < 4.78 is 25.7. The van der Waals surface area contributed by atoms with Crippen molar-refractivity contribution in [3.05, 3.63) is 112 Å². The highest BCUT2D eigenvalue weighted by Crippen LogP contribution is 2.43. The van der Waals surface area contributed by atoms with Crippen LogP contribution in [0, 0.1) is 0 Å². The number of aromatic nitrogens is 4. The van der Waals surface area contributed by atoms with Gasteiger partial charge in [0.05, 0.1) is 39.5 Å². The molecule has 12 heteroatoms. The topological polar surface area (TPSA) is 136 Å². The molecule has 238 valence electrons. The van der Waals surface area contributed by atoms with E-state index in [-0.39, 0.29) is 24.5 Å². The number of aliphatic imine (C=N–C) groups is 1. The summed E-state index contributed by atoms with van der Waals surface area (Å²) in [6.45, 7) is 0.0379. The Kier molecular flexibility index (Phi) is 8.84. The summed E-state index contributed by atoms with van der Waals surface area (Å²) in [4.78, 5) is 25.9. The highest BCUT2D eigenvalue weighted by Gasteiger charge is 2.42. The van der Waals surface area contributed by atoms with Crippen molar-refractivity contribution in [3.8, 4) is 11.5 Å². The molecular weight excluding hydrogens is 588 g/mol. The highest BCUT2D eigenvalue weighted by atomic mass is 16.6. The number of H-pyrrole nitrogens is 1. The minimum atomic E-state index is -1.08. The van der Waals surface area contributed by atoms with E-state index >= 15 is 0 Å². The quantitative estimate of drug-likeness (QED) is 0.127. The van der Waals surface area contributed by atoms with Gasteiger partial charge in [-0.1, -0.05) is 54.6 Å². The van der Waals surface area contributed by atoms with Crippen molar-refractivity contribution >= 4 is 23.3 Å². The largest absolute Gasteiger partial charge is 0.497 e. The zero-order valence-corrected chi connectivity index (χ0v) is 26.0. The zero-order valence-electron chi connectivity index (χ0n) is 26.0. The minimum Gasteiger partial charge on any atom is -0.497 e. The zero-order chi connectivity index (χ0) is 32.3. The van der Waals surface area contributed by atoms with Crippen molar-refractivity contribution < 1.29 is 24.1 Å². The molecule has 0 aliphatic carbocycles. The summed E-state index contributed by atoms with van der Waals surface area (Å²) in [7, 11) is 6.88. The molecule has 0 saturated carbocycles. The molecule has 1 aliphatic heterocycles. The average Bonchev–Trinajstić information content (AvgIpc) is 3.68.